The van der Waals surface area contributed by atoms with Gasteiger partial charge in [-0.25, -0.2) is 0 Å². The Kier molecular flexibility index (Phi) is 3.61. The van der Waals surface area contributed by atoms with Crippen molar-refractivity contribution in [2.45, 2.75) is 19.9 Å². The number of aromatic nitrogens is 4. The van der Waals surface area contributed by atoms with Crippen LogP contribution < -0.4 is 5.32 Å². The van der Waals surface area contributed by atoms with Crippen molar-refractivity contribution in [3.63, 3.8) is 0 Å². The van der Waals surface area contributed by atoms with Gasteiger partial charge in [0, 0.05) is 19.3 Å². The fourth-order valence-electron chi connectivity index (χ4n) is 1.68. The molecule has 0 bridgehead atoms. The van der Waals surface area contributed by atoms with E-state index in [2.05, 4.69) is 15.5 Å². The maximum Gasteiger partial charge on any atom is 0.275 e. The fraction of sp³-hybridized carbons (Fsp3) is 0.333. The van der Waals surface area contributed by atoms with Crippen LogP contribution in [-0.4, -0.2) is 25.5 Å². The minimum Gasteiger partial charge on any atom is -0.304 e. The van der Waals surface area contributed by atoms with Gasteiger partial charge in [0.05, 0.1) is 11.8 Å². The van der Waals surface area contributed by atoms with Crippen LogP contribution in [0.5, 0.6) is 0 Å². The van der Waals surface area contributed by atoms with Crippen molar-refractivity contribution in [1.82, 2.24) is 19.6 Å². The average Bonchev–Trinajstić information content (AvgIpc) is 2.96. The second-order valence-electron chi connectivity index (χ2n) is 4.01. The molecule has 0 aliphatic carbocycles. The van der Waals surface area contributed by atoms with E-state index in [1.807, 2.05) is 13.0 Å². The first-order valence-electron chi connectivity index (χ1n) is 5.88. The zero-order valence-electron chi connectivity index (χ0n) is 10.8. The van der Waals surface area contributed by atoms with Crippen LogP contribution in [0, 0.1) is 11.3 Å². The summed E-state index contributed by atoms with van der Waals surface area (Å²) < 4.78 is 3.00. The summed E-state index contributed by atoms with van der Waals surface area (Å²) in [5.74, 6) is 0.149. The molecule has 0 saturated carbocycles. The van der Waals surface area contributed by atoms with Crippen LogP contribution in [0.1, 0.15) is 23.1 Å². The summed E-state index contributed by atoms with van der Waals surface area (Å²) in [5, 5.41) is 19.5. The van der Waals surface area contributed by atoms with E-state index in [0.717, 1.165) is 12.1 Å². The van der Waals surface area contributed by atoms with Crippen LogP contribution in [0.2, 0.25) is 0 Å². The number of amides is 1. The molecule has 98 valence electrons. The summed E-state index contributed by atoms with van der Waals surface area (Å²) >= 11 is 0. The molecule has 1 amide bonds. The molecule has 2 heterocycles. The van der Waals surface area contributed by atoms with Crippen LogP contribution in [-0.2, 0) is 20.0 Å². The lowest BCUT2D eigenvalue weighted by atomic mass is 10.3. The first kappa shape index (κ1) is 12.8. The van der Waals surface area contributed by atoms with Gasteiger partial charge in [-0.2, -0.15) is 15.5 Å². The molecular formula is C12H14N6O. The summed E-state index contributed by atoms with van der Waals surface area (Å²) in [7, 11) is 1.72. The zero-order chi connectivity index (χ0) is 13.8. The number of carbonyl (C=O) groups excluding carboxylic acids is 1. The molecule has 7 nitrogen and oxygen atoms in total. The highest BCUT2D eigenvalue weighted by molar-refractivity contribution is 6.02. The summed E-state index contributed by atoms with van der Waals surface area (Å²) in [6, 6.07) is 5.37. The molecule has 1 N–H and O–H groups in total. The van der Waals surface area contributed by atoms with Gasteiger partial charge in [0.1, 0.15) is 12.2 Å². The molecule has 0 fully saturated rings. The van der Waals surface area contributed by atoms with E-state index in [4.69, 9.17) is 5.26 Å². The van der Waals surface area contributed by atoms with Crippen molar-refractivity contribution in [1.29, 1.82) is 5.26 Å². The Morgan fingerprint density at radius 2 is 2.32 bits per heavy atom. The van der Waals surface area contributed by atoms with Crippen LogP contribution in [0.15, 0.2) is 18.3 Å². The molecule has 0 aromatic carbocycles. The smallest absolute Gasteiger partial charge is 0.275 e. The molecule has 2 rings (SSSR count). The number of anilines is 1. The summed E-state index contributed by atoms with van der Waals surface area (Å²) in [4.78, 5) is 12.0. The van der Waals surface area contributed by atoms with Crippen LogP contribution in [0.25, 0.3) is 0 Å². The second-order valence-corrected chi connectivity index (χ2v) is 4.01. The highest BCUT2D eigenvalue weighted by atomic mass is 16.2. The van der Waals surface area contributed by atoms with E-state index in [0.29, 0.717) is 11.5 Å². The van der Waals surface area contributed by atoms with Gasteiger partial charge in [0.15, 0.2) is 5.82 Å². The number of nitrogens with zero attached hydrogens (tertiary/aromatic N) is 5. The van der Waals surface area contributed by atoms with Gasteiger partial charge < -0.3 is 5.32 Å². The Morgan fingerprint density at radius 3 is 2.95 bits per heavy atom. The third-order valence-corrected chi connectivity index (χ3v) is 2.64. The molecule has 0 unspecified atom stereocenters. The first-order valence-corrected chi connectivity index (χ1v) is 5.88. The molecule has 19 heavy (non-hydrogen) atoms. The monoisotopic (exact) mass is 258 g/mol. The number of aryl methyl sites for hydroxylation is 2. The topological polar surface area (TPSA) is 88.5 Å². The summed E-state index contributed by atoms with van der Waals surface area (Å²) in [6.45, 7) is 2.13. The Hall–Kier alpha value is -2.62. The van der Waals surface area contributed by atoms with Gasteiger partial charge in [-0.1, -0.05) is 6.92 Å². The van der Waals surface area contributed by atoms with E-state index in [1.165, 1.54) is 4.68 Å². The normalized spacial score (nSPS) is 10.2. The third-order valence-electron chi connectivity index (χ3n) is 2.64. The van der Waals surface area contributed by atoms with E-state index in [1.54, 1.807) is 30.1 Å². The second kappa shape index (κ2) is 5.35. The Morgan fingerprint density at radius 1 is 1.53 bits per heavy atom. The maximum absolute atomic E-state index is 12.0. The SMILES string of the molecule is CCc1cc(C(=O)Nc2ccn(CC#N)n2)n(C)n1. The molecule has 2 aromatic rings. The van der Waals surface area contributed by atoms with Crippen LogP contribution in [0.4, 0.5) is 5.82 Å². The third kappa shape index (κ3) is 2.80. The highest BCUT2D eigenvalue weighted by Gasteiger charge is 2.13. The number of nitrogens with one attached hydrogen (secondary N) is 1. The first-order chi connectivity index (χ1) is 9.13. The quantitative estimate of drug-likeness (QED) is 0.884. The minimum atomic E-state index is -0.267. The predicted octanol–water partition coefficient (Wildman–Crippen LogP) is 0.955. The average molecular weight is 258 g/mol. The maximum atomic E-state index is 12.0. The molecule has 0 radical (unpaired) electrons. The van der Waals surface area contributed by atoms with E-state index in [-0.39, 0.29) is 12.5 Å². The zero-order valence-corrected chi connectivity index (χ0v) is 10.8. The van der Waals surface area contributed by atoms with Gasteiger partial charge >= 0.3 is 0 Å². The van der Waals surface area contributed by atoms with Crippen LogP contribution in [0.3, 0.4) is 0 Å². The van der Waals surface area contributed by atoms with E-state index in [9.17, 15) is 4.79 Å². The Labute approximate surface area is 110 Å². The van der Waals surface area contributed by atoms with E-state index >= 15 is 0 Å². The van der Waals surface area contributed by atoms with E-state index < -0.39 is 0 Å². The molecule has 0 aliphatic rings. The number of carbonyl (C=O) groups is 1. The lowest BCUT2D eigenvalue weighted by Gasteiger charge is -2.01. The van der Waals surface area contributed by atoms with Gasteiger partial charge in [0.25, 0.3) is 5.91 Å². The molecule has 7 heteroatoms. The fourth-order valence-corrected chi connectivity index (χ4v) is 1.68. The van der Waals surface area contributed by atoms with Crippen molar-refractivity contribution in [3.05, 3.63) is 29.7 Å². The lowest BCUT2D eigenvalue weighted by molar-refractivity contribution is 0.101. The Bertz CT molecular complexity index is 633. The largest absolute Gasteiger partial charge is 0.304 e. The predicted molar refractivity (Wildman–Crippen MR) is 68.4 cm³/mol. The molecule has 0 atom stereocenters. The number of nitriles is 1. The molecule has 0 saturated heterocycles. The van der Waals surface area contributed by atoms with Crippen molar-refractivity contribution in [2.24, 2.45) is 7.05 Å². The summed E-state index contributed by atoms with van der Waals surface area (Å²) in [5.41, 5.74) is 1.34. The number of rotatable bonds is 4. The number of hydrogen-bond acceptors (Lipinski definition) is 4. The summed E-state index contributed by atoms with van der Waals surface area (Å²) in [6.07, 6.45) is 2.41. The van der Waals surface area contributed by atoms with Crippen molar-refractivity contribution < 1.29 is 4.79 Å². The highest BCUT2D eigenvalue weighted by Crippen LogP contribution is 2.08. The van der Waals surface area contributed by atoms with Gasteiger partial charge in [-0.15, -0.1) is 0 Å². The van der Waals surface area contributed by atoms with Crippen molar-refractivity contribution >= 4 is 11.7 Å². The molecule has 0 spiro atoms. The van der Waals surface area contributed by atoms with Gasteiger partial charge in [-0.05, 0) is 12.5 Å². The van der Waals surface area contributed by atoms with Crippen LogP contribution >= 0.6 is 0 Å². The number of hydrogen-bond donors (Lipinski definition) is 1. The van der Waals surface area contributed by atoms with Crippen molar-refractivity contribution in [3.8, 4) is 6.07 Å². The van der Waals surface area contributed by atoms with Gasteiger partial charge in [0.2, 0.25) is 0 Å². The lowest BCUT2D eigenvalue weighted by Crippen LogP contribution is -2.16. The Balaban J connectivity index is 2.11. The minimum absolute atomic E-state index is 0.154. The van der Waals surface area contributed by atoms with Crippen molar-refractivity contribution in [2.75, 3.05) is 5.32 Å². The molecule has 2 aromatic heterocycles. The molecular weight excluding hydrogens is 244 g/mol. The standard InChI is InChI=1S/C12H14N6O/c1-3-9-8-10(17(2)15-9)12(19)14-11-4-6-18(16-11)7-5-13/h4,6,8H,3,7H2,1-2H3,(H,14,16,19). The molecule has 0 aliphatic heterocycles. The van der Waals surface area contributed by atoms with Gasteiger partial charge in [-0.3, -0.25) is 14.2 Å².